The maximum absolute atomic E-state index is 3.77. The van der Waals surface area contributed by atoms with Crippen molar-refractivity contribution in [1.29, 1.82) is 0 Å². The summed E-state index contributed by atoms with van der Waals surface area (Å²) in [4.78, 5) is 0. The molecular weight excluding hydrogens is 158 g/mol. The van der Waals surface area contributed by atoms with Gasteiger partial charge in [-0.3, -0.25) is 0 Å². The van der Waals surface area contributed by atoms with Crippen molar-refractivity contribution < 1.29 is 0 Å². The largest absolute Gasteiger partial charge is 0.314 e. The molecule has 2 saturated carbocycles. The van der Waals surface area contributed by atoms with E-state index in [4.69, 9.17) is 0 Å². The predicted molar refractivity (Wildman–Crippen MR) is 54.6 cm³/mol. The van der Waals surface area contributed by atoms with Gasteiger partial charge in [0.15, 0.2) is 0 Å². The Hall–Kier alpha value is -0.0400. The molecule has 1 aliphatic heterocycles. The van der Waals surface area contributed by atoms with Crippen LogP contribution in [-0.4, -0.2) is 12.6 Å². The van der Waals surface area contributed by atoms with Crippen molar-refractivity contribution in [3.05, 3.63) is 0 Å². The van der Waals surface area contributed by atoms with Crippen LogP contribution in [0.5, 0.6) is 0 Å². The maximum atomic E-state index is 3.77. The van der Waals surface area contributed by atoms with Crippen LogP contribution < -0.4 is 5.32 Å². The van der Waals surface area contributed by atoms with Gasteiger partial charge in [-0.25, -0.2) is 0 Å². The summed E-state index contributed by atoms with van der Waals surface area (Å²) in [7, 11) is 0. The van der Waals surface area contributed by atoms with Crippen LogP contribution in [0.15, 0.2) is 0 Å². The molecule has 0 aromatic heterocycles. The minimum atomic E-state index is 0.915. The van der Waals surface area contributed by atoms with Crippen LogP contribution in [0, 0.1) is 17.8 Å². The fourth-order valence-electron chi connectivity index (χ4n) is 3.86. The number of fused-ring (bicyclic) bond motifs is 1. The van der Waals surface area contributed by atoms with Crippen LogP contribution in [0.25, 0.3) is 0 Å². The molecule has 1 nitrogen and oxygen atoms in total. The molecule has 0 bridgehead atoms. The van der Waals surface area contributed by atoms with Gasteiger partial charge in [0.1, 0.15) is 0 Å². The average Bonchev–Trinajstić information content (AvgIpc) is 2.74. The quantitative estimate of drug-likeness (QED) is 0.652. The first-order chi connectivity index (χ1) is 6.47. The number of hydrogen-bond acceptors (Lipinski definition) is 1. The van der Waals surface area contributed by atoms with Gasteiger partial charge in [-0.15, -0.1) is 0 Å². The highest BCUT2D eigenvalue weighted by molar-refractivity contribution is 5.06. The number of rotatable bonds is 1. The molecule has 3 rings (SSSR count). The van der Waals surface area contributed by atoms with E-state index >= 15 is 0 Å². The molecule has 1 saturated heterocycles. The standard InChI is InChI=1S/C12H21N/c1-2-7-11(13-8-3-1)12-9-5-4-6-10(9)12/h9-13H,1-8H2. The minimum absolute atomic E-state index is 0.915. The van der Waals surface area contributed by atoms with E-state index in [0.29, 0.717) is 0 Å². The molecule has 1 heteroatoms. The molecule has 74 valence electrons. The van der Waals surface area contributed by atoms with Gasteiger partial charge in [0.25, 0.3) is 0 Å². The molecule has 3 atom stereocenters. The van der Waals surface area contributed by atoms with E-state index in [9.17, 15) is 0 Å². The fourth-order valence-corrected chi connectivity index (χ4v) is 3.86. The molecule has 0 aromatic carbocycles. The molecule has 1 heterocycles. The lowest BCUT2D eigenvalue weighted by Crippen LogP contribution is -2.31. The van der Waals surface area contributed by atoms with Crippen LogP contribution in [0.4, 0.5) is 0 Å². The zero-order chi connectivity index (χ0) is 8.67. The van der Waals surface area contributed by atoms with E-state index in [2.05, 4.69) is 5.32 Å². The van der Waals surface area contributed by atoms with Crippen molar-refractivity contribution >= 4 is 0 Å². The highest BCUT2D eigenvalue weighted by atomic mass is 14.9. The lowest BCUT2D eigenvalue weighted by molar-refractivity contribution is 0.401. The Labute approximate surface area is 81.3 Å². The van der Waals surface area contributed by atoms with Gasteiger partial charge in [0, 0.05) is 6.04 Å². The third kappa shape index (κ3) is 1.41. The van der Waals surface area contributed by atoms with Gasteiger partial charge in [0.2, 0.25) is 0 Å². The Bertz CT molecular complexity index is 172. The molecule has 0 radical (unpaired) electrons. The first kappa shape index (κ1) is 8.28. The fraction of sp³-hybridized carbons (Fsp3) is 1.00. The second kappa shape index (κ2) is 3.27. The first-order valence-corrected chi connectivity index (χ1v) is 6.20. The first-order valence-electron chi connectivity index (χ1n) is 6.20. The summed E-state index contributed by atoms with van der Waals surface area (Å²) in [6, 6.07) is 0.915. The smallest absolute Gasteiger partial charge is 0.0101 e. The molecule has 3 aliphatic rings. The van der Waals surface area contributed by atoms with Crippen LogP contribution in [0.2, 0.25) is 0 Å². The lowest BCUT2D eigenvalue weighted by Gasteiger charge is -2.17. The summed E-state index contributed by atoms with van der Waals surface area (Å²) in [6.07, 6.45) is 10.5. The normalized spacial score (nSPS) is 49.8. The van der Waals surface area contributed by atoms with E-state index in [0.717, 1.165) is 23.8 Å². The van der Waals surface area contributed by atoms with Gasteiger partial charge in [-0.1, -0.05) is 19.3 Å². The van der Waals surface area contributed by atoms with Crippen molar-refractivity contribution in [3.63, 3.8) is 0 Å². The summed E-state index contributed by atoms with van der Waals surface area (Å²) < 4.78 is 0. The van der Waals surface area contributed by atoms with Gasteiger partial charge < -0.3 is 5.32 Å². The van der Waals surface area contributed by atoms with Gasteiger partial charge in [-0.2, -0.15) is 0 Å². The Morgan fingerprint density at radius 3 is 2.46 bits per heavy atom. The molecule has 13 heavy (non-hydrogen) atoms. The van der Waals surface area contributed by atoms with Gasteiger partial charge >= 0.3 is 0 Å². The van der Waals surface area contributed by atoms with Crippen LogP contribution in [0.3, 0.4) is 0 Å². The second-order valence-corrected chi connectivity index (χ2v) is 5.25. The predicted octanol–water partition coefficient (Wildman–Crippen LogP) is 2.56. The molecule has 0 amide bonds. The number of hydrogen-bond donors (Lipinski definition) is 1. The molecule has 3 unspecified atom stereocenters. The van der Waals surface area contributed by atoms with Gasteiger partial charge in [-0.05, 0) is 50.0 Å². The van der Waals surface area contributed by atoms with Crippen molar-refractivity contribution in [2.24, 2.45) is 17.8 Å². The molecular formula is C12H21N. The van der Waals surface area contributed by atoms with Crippen LogP contribution in [-0.2, 0) is 0 Å². The van der Waals surface area contributed by atoms with Crippen molar-refractivity contribution in [2.75, 3.05) is 6.54 Å². The lowest BCUT2D eigenvalue weighted by atomic mass is 10.00. The van der Waals surface area contributed by atoms with Crippen molar-refractivity contribution in [2.45, 2.75) is 51.0 Å². The summed E-state index contributed by atoms with van der Waals surface area (Å²) in [6.45, 7) is 1.29. The van der Waals surface area contributed by atoms with Gasteiger partial charge in [0.05, 0.1) is 0 Å². The van der Waals surface area contributed by atoms with Crippen molar-refractivity contribution in [1.82, 2.24) is 5.32 Å². The summed E-state index contributed by atoms with van der Waals surface area (Å²) in [5.41, 5.74) is 0. The monoisotopic (exact) mass is 179 g/mol. The van der Waals surface area contributed by atoms with Crippen molar-refractivity contribution in [3.8, 4) is 0 Å². The zero-order valence-corrected chi connectivity index (χ0v) is 8.47. The zero-order valence-electron chi connectivity index (χ0n) is 8.47. The minimum Gasteiger partial charge on any atom is -0.314 e. The summed E-state index contributed by atoms with van der Waals surface area (Å²) in [5.74, 6) is 3.40. The highest BCUT2D eigenvalue weighted by Crippen LogP contribution is 2.59. The van der Waals surface area contributed by atoms with E-state index in [-0.39, 0.29) is 0 Å². The average molecular weight is 179 g/mol. The Kier molecular flexibility index (Phi) is 2.08. The van der Waals surface area contributed by atoms with Crippen LogP contribution in [0.1, 0.15) is 44.9 Å². The topological polar surface area (TPSA) is 12.0 Å². The van der Waals surface area contributed by atoms with E-state index < -0.39 is 0 Å². The second-order valence-electron chi connectivity index (χ2n) is 5.25. The molecule has 3 fully saturated rings. The highest BCUT2D eigenvalue weighted by Gasteiger charge is 2.55. The third-order valence-corrected chi connectivity index (χ3v) is 4.54. The van der Waals surface area contributed by atoms with E-state index in [1.54, 1.807) is 12.8 Å². The van der Waals surface area contributed by atoms with E-state index in [1.807, 2.05) is 0 Å². The Morgan fingerprint density at radius 1 is 0.769 bits per heavy atom. The third-order valence-electron chi connectivity index (χ3n) is 4.54. The summed E-state index contributed by atoms with van der Waals surface area (Å²) >= 11 is 0. The van der Waals surface area contributed by atoms with E-state index in [1.165, 1.54) is 38.6 Å². The Morgan fingerprint density at radius 2 is 1.62 bits per heavy atom. The number of nitrogens with one attached hydrogen (secondary N) is 1. The molecule has 0 aromatic rings. The molecule has 0 spiro atoms. The Balaban J connectivity index is 1.59. The van der Waals surface area contributed by atoms with Crippen LogP contribution >= 0.6 is 0 Å². The summed E-state index contributed by atoms with van der Waals surface area (Å²) in [5, 5.41) is 3.77. The molecule has 2 aliphatic carbocycles. The SMILES string of the molecule is C1CCNC(C2C3CCCC32)CC1. The maximum Gasteiger partial charge on any atom is 0.0101 e. The molecule has 1 N–H and O–H groups in total.